The molecule has 16 heteroatoms. The van der Waals surface area contributed by atoms with E-state index in [1.54, 1.807) is 0 Å². The van der Waals surface area contributed by atoms with E-state index in [1.807, 2.05) is 0 Å². The van der Waals surface area contributed by atoms with E-state index >= 15 is 0 Å². The van der Waals surface area contributed by atoms with Gasteiger partial charge in [-0.25, -0.2) is 14.4 Å². The fraction of sp³-hybridized carbons (Fsp3) is 0.500. The Hall–Kier alpha value is 2.40. The zero-order chi connectivity index (χ0) is 18.2. The maximum atomic E-state index is 9.62. The summed E-state index contributed by atoms with van der Waals surface area (Å²) >= 11 is 43.2. The first kappa shape index (κ1) is 32.1. The average Bonchev–Trinajstić information content (AvgIpc) is 2.14. The van der Waals surface area contributed by atoms with Crippen molar-refractivity contribution in [2.24, 2.45) is 0 Å². The molecule has 3 N–H and O–H groups in total. The van der Waals surface area contributed by atoms with Crippen molar-refractivity contribution in [1.29, 1.82) is 0 Å². The van der Waals surface area contributed by atoms with Crippen LogP contribution in [-0.2, 0) is 14.4 Å². The number of carboxylic acids is 3. The van der Waals surface area contributed by atoms with Crippen LogP contribution in [0.3, 0.4) is 0 Å². The van der Waals surface area contributed by atoms with Crippen LogP contribution in [0.15, 0.2) is 0 Å². The van der Waals surface area contributed by atoms with Gasteiger partial charge in [-0.15, -0.1) is 0 Å². The van der Waals surface area contributed by atoms with Crippen LogP contribution in [0.5, 0.6) is 0 Å². The number of hydrogen-bond acceptors (Lipinski definition) is 3. The molecule has 0 amide bonds. The zero-order valence-electron chi connectivity index (χ0n) is 9.47. The van der Waals surface area contributed by atoms with Gasteiger partial charge in [0.2, 0.25) is 0 Å². The smallest absolute Gasteiger partial charge is 0.356 e. The monoisotopic (exact) mass is 626 g/mol. The van der Waals surface area contributed by atoms with Crippen molar-refractivity contribution in [3.8, 4) is 0 Å². The SMILES string of the molecule is O=C(O)C(Cl)(Cl)Cl.O=C(O)C(Cl)(Cl)Cl.O=C(O)C(Cl)(Cl)Cl.[Ce]. The third-order valence-corrected chi connectivity index (χ3v) is 2.18. The Morgan fingerprint density at radius 2 is 0.545 bits per heavy atom. The molecule has 0 heterocycles. The molecule has 0 saturated carbocycles. The van der Waals surface area contributed by atoms with E-state index in [4.69, 9.17) is 120 Å². The maximum absolute atomic E-state index is 9.62. The van der Waals surface area contributed by atoms with Gasteiger partial charge in [0.05, 0.1) is 0 Å². The molecule has 0 aliphatic heterocycles. The molecule has 130 valence electrons. The first-order valence-electron chi connectivity index (χ1n) is 3.73. The molecular formula is C6H3CeCl9O6. The number of carboxylic acid groups (broad SMARTS) is 3. The van der Waals surface area contributed by atoms with Crippen LogP contribution >= 0.6 is 104 Å². The molecule has 0 atom stereocenters. The molecule has 0 aromatic rings. The molecule has 0 saturated heterocycles. The predicted molar refractivity (Wildman–Crippen MR) is 83.8 cm³/mol. The second-order valence-corrected chi connectivity index (χ2v) is 9.25. The van der Waals surface area contributed by atoms with Crippen molar-refractivity contribution in [2.75, 3.05) is 0 Å². The summed E-state index contributed by atoms with van der Waals surface area (Å²) in [4.78, 5) is 28.9. The normalized spacial score (nSPS) is 10.8. The van der Waals surface area contributed by atoms with Crippen molar-refractivity contribution in [3.63, 3.8) is 0 Å². The molecule has 0 spiro atoms. The second-order valence-electron chi connectivity index (χ2n) is 2.41. The molecule has 0 bridgehead atoms. The van der Waals surface area contributed by atoms with Crippen molar-refractivity contribution >= 4 is 122 Å². The van der Waals surface area contributed by atoms with Crippen LogP contribution in [0, 0.1) is 41.7 Å². The fourth-order valence-electron chi connectivity index (χ4n) is 0. The number of aliphatic carboxylic acids is 3. The van der Waals surface area contributed by atoms with E-state index in [-0.39, 0.29) is 41.7 Å². The Morgan fingerprint density at radius 1 is 0.500 bits per heavy atom. The molecule has 0 unspecified atom stereocenters. The Balaban J connectivity index is -0.000000108. The number of hydrogen-bond donors (Lipinski definition) is 3. The second kappa shape index (κ2) is 13.6. The van der Waals surface area contributed by atoms with E-state index in [1.165, 1.54) is 0 Å². The molecule has 0 rings (SSSR count). The summed E-state index contributed by atoms with van der Waals surface area (Å²) in [5.41, 5.74) is 0. The largest absolute Gasteiger partial charge is 0.478 e. The minimum Gasteiger partial charge on any atom is -0.478 e. The van der Waals surface area contributed by atoms with Gasteiger partial charge < -0.3 is 15.3 Å². The first-order chi connectivity index (χ1) is 8.83. The van der Waals surface area contributed by atoms with Crippen LogP contribution in [-0.4, -0.2) is 44.6 Å². The van der Waals surface area contributed by atoms with Crippen molar-refractivity contribution < 1.29 is 71.5 Å². The molecule has 0 radical (unpaired) electrons. The Labute approximate surface area is 202 Å². The third kappa shape index (κ3) is 24.6. The molecule has 6 nitrogen and oxygen atoms in total. The summed E-state index contributed by atoms with van der Waals surface area (Å²) in [6.07, 6.45) is 0. The molecule has 0 aromatic heterocycles. The van der Waals surface area contributed by atoms with Gasteiger partial charge >= 0.3 is 17.9 Å². The number of carbonyl (C=O) groups is 3. The number of halogens is 9. The summed E-state index contributed by atoms with van der Waals surface area (Å²) in [6, 6.07) is 0. The fourth-order valence-corrected chi connectivity index (χ4v) is 0. The summed E-state index contributed by atoms with van der Waals surface area (Å²) in [7, 11) is 0. The van der Waals surface area contributed by atoms with Crippen molar-refractivity contribution in [3.05, 3.63) is 0 Å². The standard InChI is InChI=1S/3C2HCl3O2.Ce/c3*3-2(4,5)1(6)7;/h3*(H,6,7);. The molecule has 22 heavy (non-hydrogen) atoms. The van der Waals surface area contributed by atoms with Gasteiger partial charge in [-0.3, -0.25) is 0 Å². The molecule has 0 aliphatic carbocycles. The van der Waals surface area contributed by atoms with Crippen molar-refractivity contribution in [1.82, 2.24) is 0 Å². The van der Waals surface area contributed by atoms with Crippen LogP contribution in [0.1, 0.15) is 0 Å². The van der Waals surface area contributed by atoms with E-state index in [0.717, 1.165) is 0 Å². The van der Waals surface area contributed by atoms with Crippen LogP contribution in [0.4, 0.5) is 0 Å². The Kier molecular flexibility index (Phi) is 19.8. The van der Waals surface area contributed by atoms with E-state index in [0.29, 0.717) is 0 Å². The van der Waals surface area contributed by atoms with Gasteiger partial charge in [0, 0.05) is 41.7 Å². The van der Waals surface area contributed by atoms with E-state index in [9.17, 15) is 14.4 Å². The van der Waals surface area contributed by atoms with Gasteiger partial charge in [-0.2, -0.15) is 0 Å². The van der Waals surface area contributed by atoms with Crippen molar-refractivity contribution in [2.45, 2.75) is 11.4 Å². The summed E-state index contributed by atoms with van der Waals surface area (Å²) in [6.45, 7) is 0. The van der Waals surface area contributed by atoms with Gasteiger partial charge in [-0.05, 0) is 0 Å². The third-order valence-electron chi connectivity index (χ3n) is 0.728. The molecule has 0 aliphatic rings. The minimum atomic E-state index is -2.17. The topological polar surface area (TPSA) is 112 Å². The van der Waals surface area contributed by atoms with Gasteiger partial charge in [0.15, 0.2) is 0 Å². The molecular weight excluding hydrogens is 627 g/mol. The summed E-state index contributed by atoms with van der Waals surface area (Å²) in [5, 5.41) is 23.6. The van der Waals surface area contributed by atoms with Crippen LogP contribution < -0.4 is 0 Å². The van der Waals surface area contributed by atoms with Gasteiger partial charge in [0.1, 0.15) is 0 Å². The first-order valence-corrected chi connectivity index (χ1v) is 7.14. The zero-order valence-corrected chi connectivity index (χ0v) is 19.4. The quantitative estimate of drug-likeness (QED) is 0.344. The van der Waals surface area contributed by atoms with Gasteiger partial charge in [-0.1, -0.05) is 104 Å². The number of alkyl halides is 9. The minimum absolute atomic E-state index is 0. The number of rotatable bonds is 0. The van der Waals surface area contributed by atoms with E-state index in [2.05, 4.69) is 0 Å². The molecule has 0 aromatic carbocycles. The summed E-state index contributed by atoms with van der Waals surface area (Å²) in [5.74, 6) is -4.38. The van der Waals surface area contributed by atoms with Crippen LogP contribution in [0.2, 0.25) is 0 Å². The average molecular weight is 630 g/mol. The Bertz CT molecular complexity index is 313. The molecule has 0 fully saturated rings. The summed E-state index contributed by atoms with van der Waals surface area (Å²) < 4.78 is -6.50. The maximum Gasteiger partial charge on any atom is 0.356 e. The predicted octanol–water partition coefficient (Wildman–Crippen LogP) is 4.32. The Morgan fingerprint density at radius 3 is 0.545 bits per heavy atom. The van der Waals surface area contributed by atoms with E-state index < -0.39 is 29.3 Å². The van der Waals surface area contributed by atoms with Gasteiger partial charge in [0.25, 0.3) is 11.4 Å². The van der Waals surface area contributed by atoms with Crippen LogP contribution in [0.25, 0.3) is 0 Å².